The van der Waals surface area contributed by atoms with Crippen molar-refractivity contribution in [1.82, 2.24) is 10.2 Å². The summed E-state index contributed by atoms with van der Waals surface area (Å²) in [5.74, 6) is 0. The highest BCUT2D eigenvalue weighted by Crippen LogP contribution is 2.23. The molecule has 0 saturated heterocycles. The molecule has 0 fully saturated rings. The maximum Gasteiger partial charge on any atom is 0.319 e. The number of nitro benzene ring substituents is 1. The molecule has 3 N–H and O–H groups in total. The third-order valence-electron chi connectivity index (χ3n) is 4.53. The number of fused-ring (bicyclic) bond motifs is 1. The van der Waals surface area contributed by atoms with E-state index in [0.29, 0.717) is 6.54 Å². The molecule has 8 heteroatoms. The predicted molar refractivity (Wildman–Crippen MR) is 102 cm³/mol. The van der Waals surface area contributed by atoms with Crippen LogP contribution in [0.15, 0.2) is 48.5 Å². The van der Waals surface area contributed by atoms with Crippen LogP contribution >= 0.6 is 0 Å². The topological polar surface area (TPSA) is 108 Å². The van der Waals surface area contributed by atoms with E-state index in [-0.39, 0.29) is 17.9 Å². The second-order valence-electron chi connectivity index (χ2n) is 6.52. The fourth-order valence-corrected chi connectivity index (χ4v) is 3.19. The predicted octanol–water partition coefficient (Wildman–Crippen LogP) is 2.14. The van der Waals surface area contributed by atoms with Crippen LogP contribution in [-0.2, 0) is 13.0 Å². The number of carbonyl (C=O) groups excluding carboxylic acids is 1. The summed E-state index contributed by atoms with van der Waals surface area (Å²) in [6, 6.07) is 13.6. The second-order valence-corrected chi connectivity index (χ2v) is 6.52. The van der Waals surface area contributed by atoms with Crippen molar-refractivity contribution in [2.24, 2.45) is 0 Å². The Balaban J connectivity index is 1.46. The van der Waals surface area contributed by atoms with E-state index in [1.807, 2.05) is 12.1 Å². The van der Waals surface area contributed by atoms with E-state index in [4.69, 9.17) is 0 Å². The number of hydrogen-bond acceptors (Lipinski definition) is 5. The Kier molecular flexibility index (Phi) is 6.00. The number of hydrogen-bond donors (Lipinski definition) is 3. The summed E-state index contributed by atoms with van der Waals surface area (Å²) in [7, 11) is 0. The molecule has 2 amide bonds. The van der Waals surface area contributed by atoms with Crippen molar-refractivity contribution >= 4 is 17.4 Å². The van der Waals surface area contributed by atoms with Crippen LogP contribution in [0.5, 0.6) is 0 Å². The summed E-state index contributed by atoms with van der Waals surface area (Å²) in [4.78, 5) is 24.5. The van der Waals surface area contributed by atoms with Crippen LogP contribution in [0, 0.1) is 10.1 Å². The normalized spacial score (nSPS) is 14.9. The fraction of sp³-hybridized carbons (Fsp3) is 0.316. The van der Waals surface area contributed by atoms with Crippen LogP contribution in [0.1, 0.15) is 11.1 Å². The molecule has 1 heterocycles. The van der Waals surface area contributed by atoms with Crippen LogP contribution in [-0.4, -0.2) is 46.7 Å². The first kappa shape index (κ1) is 18.8. The van der Waals surface area contributed by atoms with Gasteiger partial charge < -0.3 is 15.7 Å². The third kappa shape index (κ3) is 5.02. The number of para-hydroxylation sites is 2. The molecule has 1 atom stereocenters. The largest absolute Gasteiger partial charge is 0.390 e. The van der Waals surface area contributed by atoms with Gasteiger partial charge in [-0.25, -0.2) is 4.79 Å². The number of rotatable bonds is 6. The van der Waals surface area contributed by atoms with E-state index in [1.54, 1.807) is 6.07 Å². The quantitative estimate of drug-likeness (QED) is 0.533. The lowest BCUT2D eigenvalue weighted by atomic mass is 10.00. The van der Waals surface area contributed by atoms with Gasteiger partial charge in [0, 0.05) is 32.2 Å². The molecule has 1 unspecified atom stereocenters. The molecule has 2 aromatic carbocycles. The van der Waals surface area contributed by atoms with Gasteiger partial charge in [0.1, 0.15) is 5.69 Å². The highest BCUT2D eigenvalue weighted by Gasteiger charge is 2.19. The van der Waals surface area contributed by atoms with E-state index in [9.17, 15) is 20.0 Å². The minimum Gasteiger partial charge on any atom is -0.390 e. The van der Waals surface area contributed by atoms with Gasteiger partial charge in [0.15, 0.2) is 0 Å². The number of carbonyl (C=O) groups is 1. The highest BCUT2D eigenvalue weighted by atomic mass is 16.6. The van der Waals surface area contributed by atoms with Gasteiger partial charge in [-0.1, -0.05) is 36.4 Å². The number of nitrogens with zero attached hydrogens (tertiary/aromatic N) is 2. The smallest absolute Gasteiger partial charge is 0.319 e. The molecule has 0 aliphatic carbocycles. The molecule has 27 heavy (non-hydrogen) atoms. The van der Waals surface area contributed by atoms with Gasteiger partial charge in [0.25, 0.3) is 5.69 Å². The minimum absolute atomic E-state index is 0.0601. The zero-order valence-corrected chi connectivity index (χ0v) is 14.8. The number of aliphatic hydroxyl groups excluding tert-OH is 1. The molecular formula is C19H22N4O4. The Hall–Kier alpha value is -2.97. The number of aliphatic hydroxyl groups is 1. The van der Waals surface area contributed by atoms with E-state index in [0.717, 1.165) is 19.5 Å². The third-order valence-corrected chi connectivity index (χ3v) is 4.53. The number of nitro groups is 1. The number of amides is 2. The first-order chi connectivity index (χ1) is 13.0. The van der Waals surface area contributed by atoms with Gasteiger partial charge in [-0.2, -0.15) is 0 Å². The van der Waals surface area contributed by atoms with Crippen LogP contribution in [0.4, 0.5) is 16.2 Å². The zero-order chi connectivity index (χ0) is 19.2. The molecule has 0 saturated carbocycles. The van der Waals surface area contributed by atoms with E-state index in [2.05, 4.69) is 27.7 Å². The van der Waals surface area contributed by atoms with E-state index in [1.165, 1.54) is 29.3 Å². The Morgan fingerprint density at radius 2 is 1.89 bits per heavy atom. The van der Waals surface area contributed by atoms with Crippen molar-refractivity contribution in [1.29, 1.82) is 0 Å². The SMILES string of the molecule is O=C(NCC(O)CN1CCc2ccccc2C1)Nc1ccccc1[N+](=O)[O-]. The van der Waals surface area contributed by atoms with Crippen molar-refractivity contribution in [3.8, 4) is 0 Å². The van der Waals surface area contributed by atoms with Gasteiger partial charge in [0.2, 0.25) is 0 Å². The van der Waals surface area contributed by atoms with Gasteiger partial charge >= 0.3 is 6.03 Å². The number of nitrogens with one attached hydrogen (secondary N) is 2. The molecule has 1 aliphatic rings. The van der Waals surface area contributed by atoms with Crippen molar-refractivity contribution in [2.75, 3.05) is 25.0 Å². The van der Waals surface area contributed by atoms with Crippen LogP contribution < -0.4 is 10.6 Å². The van der Waals surface area contributed by atoms with Gasteiger partial charge in [0.05, 0.1) is 11.0 Å². The molecule has 8 nitrogen and oxygen atoms in total. The zero-order valence-electron chi connectivity index (χ0n) is 14.8. The highest BCUT2D eigenvalue weighted by molar-refractivity contribution is 5.91. The average Bonchev–Trinajstić information content (AvgIpc) is 2.66. The number of anilines is 1. The van der Waals surface area contributed by atoms with Gasteiger partial charge in [-0.05, 0) is 23.6 Å². The molecular weight excluding hydrogens is 348 g/mol. The van der Waals surface area contributed by atoms with Crippen LogP contribution in [0.3, 0.4) is 0 Å². The maximum atomic E-state index is 12.0. The van der Waals surface area contributed by atoms with Crippen molar-refractivity contribution in [2.45, 2.75) is 19.1 Å². The fourth-order valence-electron chi connectivity index (χ4n) is 3.19. The Bertz CT molecular complexity index is 827. The summed E-state index contributed by atoms with van der Waals surface area (Å²) in [6.07, 6.45) is 0.209. The number of β-amino-alcohol motifs (C(OH)–C–C–N with tert-alkyl or cyclic N) is 1. The van der Waals surface area contributed by atoms with E-state index < -0.39 is 17.1 Å². The number of benzene rings is 2. The van der Waals surface area contributed by atoms with Crippen molar-refractivity contribution < 1.29 is 14.8 Å². The van der Waals surface area contributed by atoms with Crippen molar-refractivity contribution in [3.05, 3.63) is 69.8 Å². The number of urea groups is 1. The molecule has 0 aromatic heterocycles. The maximum absolute atomic E-state index is 12.0. The van der Waals surface area contributed by atoms with Crippen LogP contribution in [0.25, 0.3) is 0 Å². The molecule has 2 aromatic rings. The Morgan fingerprint density at radius 1 is 1.19 bits per heavy atom. The van der Waals surface area contributed by atoms with E-state index >= 15 is 0 Å². The molecule has 1 aliphatic heterocycles. The Labute approximate surface area is 157 Å². The summed E-state index contributed by atoms with van der Waals surface area (Å²) >= 11 is 0. The lowest BCUT2D eigenvalue weighted by molar-refractivity contribution is -0.383. The monoisotopic (exact) mass is 370 g/mol. The molecule has 142 valence electrons. The average molecular weight is 370 g/mol. The molecule has 0 radical (unpaired) electrons. The summed E-state index contributed by atoms with van der Waals surface area (Å²) < 4.78 is 0. The van der Waals surface area contributed by atoms with Crippen molar-refractivity contribution in [3.63, 3.8) is 0 Å². The summed E-state index contributed by atoms with van der Waals surface area (Å²) in [5.41, 5.74) is 2.53. The lowest BCUT2D eigenvalue weighted by Gasteiger charge is -2.30. The minimum atomic E-state index is -0.730. The molecule has 3 rings (SSSR count). The standard InChI is InChI=1S/C19H22N4O4/c24-16(13-22-10-9-14-5-1-2-6-15(14)12-22)11-20-19(25)21-17-7-3-4-8-18(17)23(26)27/h1-8,16,24H,9-13H2,(H2,20,21,25). The molecule has 0 bridgehead atoms. The summed E-state index contributed by atoms with van der Waals surface area (Å²) in [5, 5.41) is 26.2. The summed E-state index contributed by atoms with van der Waals surface area (Å²) in [6.45, 7) is 2.14. The second kappa shape index (κ2) is 8.61. The van der Waals surface area contributed by atoms with Gasteiger partial charge in [-0.3, -0.25) is 15.0 Å². The lowest BCUT2D eigenvalue weighted by Crippen LogP contribution is -2.43. The first-order valence-corrected chi connectivity index (χ1v) is 8.78. The van der Waals surface area contributed by atoms with Crippen LogP contribution in [0.2, 0.25) is 0 Å². The molecule has 0 spiro atoms. The van der Waals surface area contributed by atoms with Gasteiger partial charge in [-0.15, -0.1) is 0 Å². The first-order valence-electron chi connectivity index (χ1n) is 8.78. The Morgan fingerprint density at radius 3 is 2.67 bits per heavy atom.